The van der Waals surface area contributed by atoms with Gasteiger partial charge in [0.25, 0.3) is 5.89 Å². The summed E-state index contributed by atoms with van der Waals surface area (Å²) in [4.78, 5) is 10.4. The van der Waals surface area contributed by atoms with Gasteiger partial charge in [-0.25, -0.2) is 4.79 Å². The Labute approximate surface area is 71.8 Å². The highest BCUT2D eigenvalue weighted by Gasteiger charge is 2.14. The van der Waals surface area contributed by atoms with Gasteiger partial charge < -0.3 is 13.9 Å². The maximum atomic E-state index is 10.4. The molecule has 0 amide bonds. The Kier molecular flexibility index (Phi) is 1.59. The molecule has 2 aromatic heterocycles. The van der Waals surface area contributed by atoms with Crippen LogP contribution in [0, 0.1) is 0 Å². The molecule has 0 bridgehead atoms. The average Bonchev–Trinajstić information content (AvgIpc) is 2.75. The Bertz CT molecular complexity index is 417. The van der Waals surface area contributed by atoms with Crippen molar-refractivity contribution in [2.75, 3.05) is 0 Å². The van der Waals surface area contributed by atoms with E-state index in [1.807, 2.05) is 0 Å². The van der Waals surface area contributed by atoms with Crippen molar-refractivity contribution in [3.05, 3.63) is 24.5 Å². The summed E-state index contributed by atoms with van der Waals surface area (Å²) < 4.78 is 9.57. The normalized spacial score (nSPS) is 10.2. The number of aromatic nitrogens is 2. The zero-order valence-electron chi connectivity index (χ0n) is 6.30. The average molecular weight is 180 g/mol. The Morgan fingerprint density at radius 1 is 1.46 bits per heavy atom. The second kappa shape index (κ2) is 2.74. The lowest BCUT2D eigenvalue weighted by atomic mass is 10.3. The van der Waals surface area contributed by atoms with Crippen molar-refractivity contribution in [2.45, 2.75) is 0 Å². The predicted molar refractivity (Wildman–Crippen MR) is 39.0 cm³/mol. The van der Waals surface area contributed by atoms with Crippen LogP contribution in [0.25, 0.3) is 11.5 Å². The first-order valence-corrected chi connectivity index (χ1v) is 3.37. The van der Waals surface area contributed by atoms with Crippen molar-refractivity contribution in [1.29, 1.82) is 0 Å². The van der Waals surface area contributed by atoms with E-state index in [1.165, 1.54) is 12.5 Å². The third kappa shape index (κ3) is 1.28. The van der Waals surface area contributed by atoms with E-state index in [-0.39, 0.29) is 5.89 Å². The summed E-state index contributed by atoms with van der Waals surface area (Å²) in [5, 5.41) is 15.3. The topological polar surface area (TPSA) is 89.4 Å². The summed E-state index contributed by atoms with van der Waals surface area (Å²) in [5.41, 5.74) is 0.556. The molecule has 2 aromatic rings. The molecule has 66 valence electrons. The number of carboxylic acid groups (broad SMARTS) is 1. The molecule has 2 rings (SSSR count). The van der Waals surface area contributed by atoms with Crippen LogP contribution in [0.15, 0.2) is 27.4 Å². The van der Waals surface area contributed by atoms with Gasteiger partial charge in [-0.05, 0) is 6.07 Å². The maximum Gasteiger partial charge on any atom is 0.393 e. The molecule has 2 heterocycles. The van der Waals surface area contributed by atoms with Crippen molar-refractivity contribution in [1.82, 2.24) is 10.2 Å². The van der Waals surface area contributed by atoms with Crippen LogP contribution < -0.4 is 0 Å². The molecule has 6 heteroatoms. The summed E-state index contributed by atoms with van der Waals surface area (Å²) in [6.07, 6.45) is 2.82. The SMILES string of the molecule is O=C(O)c1nnc(-c2ccoc2)o1. The van der Waals surface area contributed by atoms with Crippen molar-refractivity contribution in [2.24, 2.45) is 0 Å². The molecule has 0 saturated carbocycles. The number of aromatic carboxylic acids is 1. The van der Waals surface area contributed by atoms with Gasteiger partial charge in [-0.2, -0.15) is 0 Å². The molecule has 0 fully saturated rings. The van der Waals surface area contributed by atoms with Crippen molar-refractivity contribution >= 4 is 5.97 Å². The molecule has 0 aliphatic rings. The molecular weight excluding hydrogens is 176 g/mol. The van der Waals surface area contributed by atoms with Gasteiger partial charge in [0, 0.05) is 0 Å². The zero-order valence-corrected chi connectivity index (χ0v) is 6.30. The number of rotatable bonds is 2. The first kappa shape index (κ1) is 7.53. The fourth-order valence-corrected chi connectivity index (χ4v) is 0.812. The number of hydrogen-bond donors (Lipinski definition) is 1. The highest BCUT2D eigenvalue weighted by Crippen LogP contribution is 2.17. The van der Waals surface area contributed by atoms with Gasteiger partial charge >= 0.3 is 11.9 Å². The standard InChI is InChI=1S/C7H4N2O4/c10-7(11)6-9-8-5(13-6)4-1-2-12-3-4/h1-3H,(H,10,11). The van der Waals surface area contributed by atoms with Gasteiger partial charge in [0.05, 0.1) is 11.8 Å². The first-order chi connectivity index (χ1) is 6.27. The minimum absolute atomic E-state index is 0.131. The van der Waals surface area contributed by atoms with Crippen LogP contribution in [-0.2, 0) is 0 Å². The summed E-state index contributed by atoms with van der Waals surface area (Å²) in [7, 11) is 0. The highest BCUT2D eigenvalue weighted by molar-refractivity contribution is 5.82. The number of furan rings is 1. The molecular formula is C7H4N2O4. The van der Waals surface area contributed by atoms with E-state index >= 15 is 0 Å². The predicted octanol–water partition coefficient (Wildman–Crippen LogP) is 1.03. The fraction of sp³-hybridized carbons (Fsp3) is 0. The zero-order chi connectivity index (χ0) is 9.26. The second-order valence-electron chi connectivity index (χ2n) is 2.23. The lowest BCUT2D eigenvalue weighted by Gasteiger charge is -1.83. The van der Waals surface area contributed by atoms with Crippen LogP contribution in [0.5, 0.6) is 0 Å². The van der Waals surface area contributed by atoms with Crippen LogP contribution in [-0.4, -0.2) is 21.3 Å². The second-order valence-corrected chi connectivity index (χ2v) is 2.23. The third-order valence-electron chi connectivity index (χ3n) is 1.38. The minimum atomic E-state index is -1.25. The fourth-order valence-electron chi connectivity index (χ4n) is 0.812. The first-order valence-electron chi connectivity index (χ1n) is 3.37. The van der Waals surface area contributed by atoms with Crippen molar-refractivity contribution < 1.29 is 18.7 Å². The lowest BCUT2D eigenvalue weighted by Crippen LogP contribution is -1.95. The number of hydrogen-bond acceptors (Lipinski definition) is 5. The summed E-state index contributed by atoms with van der Waals surface area (Å²) in [6, 6.07) is 1.60. The molecule has 0 unspecified atom stereocenters. The van der Waals surface area contributed by atoms with Crippen LogP contribution in [0.2, 0.25) is 0 Å². The molecule has 0 spiro atoms. The van der Waals surface area contributed by atoms with Gasteiger partial charge in [0.2, 0.25) is 0 Å². The van der Waals surface area contributed by atoms with Crippen LogP contribution in [0.3, 0.4) is 0 Å². The molecule has 0 aliphatic heterocycles. The highest BCUT2D eigenvalue weighted by atomic mass is 16.4. The number of nitrogens with zero attached hydrogens (tertiary/aromatic N) is 2. The van der Waals surface area contributed by atoms with E-state index < -0.39 is 11.9 Å². The molecule has 0 aromatic carbocycles. The summed E-state index contributed by atoms with van der Waals surface area (Å²) in [6.45, 7) is 0. The molecule has 13 heavy (non-hydrogen) atoms. The van der Waals surface area contributed by atoms with E-state index in [4.69, 9.17) is 13.9 Å². The molecule has 1 N–H and O–H groups in total. The Hall–Kier alpha value is -2.11. The molecule has 0 atom stereocenters. The van der Waals surface area contributed by atoms with Crippen molar-refractivity contribution in [3.8, 4) is 11.5 Å². The summed E-state index contributed by atoms with van der Waals surface area (Å²) >= 11 is 0. The van der Waals surface area contributed by atoms with E-state index in [1.54, 1.807) is 6.07 Å². The maximum absolute atomic E-state index is 10.4. The molecule has 0 radical (unpaired) electrons. The molecule has 0 saturated heterocycles. The van der Waals surface area contributed by atoms with Gasteiger partial charge in [-0.15, -0.1) is 10.2 Å². The van der Waals surface area contributed by atoms with Gasteiger partial charge in [-0.3, -0.25) is 0 Å². The third-order valence-corrected chi connectivity index (χ3v) is 1.38. The Morgan fingerprint density at radius 2 is 2.31 bits per heavy atom. The largest absolute Gasteiger partial charge is 0.474 e. The van der Waals surface area contributed by atoms with E-state index in [2.05, 4.69) is 10.2 Å². The van der Waals surface area contributed by atoms with Crippen LogP contribution >= 0.6 is 0 Å². The lowest BCUT2D eigenvalue weighted by molar-refractivity contribution is 0.0654. The van der Waals surface area contributed by atoms with Crippen LogP contribution in [0.1, 0.15) is 10.7 Å². The Morgan fingerprint density at radius 3 is 2.85 bits per heavy atom. The summed E-state index contributed by atoms with van der Waals surface area (Å²) in [5.74, 6) is -1.55. The van der Waals surface area contributed by atoms with Crippen molar-refractivity contribution in [3.63, 3.8) is 0 Å². The minimum Gasteiger partial charge on any atom is -0.474 e. The van der Waals surface area contributed by atoms with Gasteiger partial charge in [-0.1, -0.05) is 0 Å². The van der Waals surface area contributed by atoms with E-state index in [0.29, 0.717) is 5.56 Å². The van der Waals surface area contributed by atoms with Gasteiger partial charge in [0.1, 0.15) is 6.26 Å². The number of carboxylic acids is 1. The Balaban J connectivity index is 2.39. The van der Waals surface area contributed by atoms with Gasteiger partial charge in [0.15, 0.2) is 0 Å². The monoisotopic (exact) mass is 180 g/mol. The van der Waals surface area contributed by atoms with E-state index in [9.17, 15) is 4.79 Å². The quantitative estimate of drug-likeness (QED) is 0.742. The van der Waals surface area contributed by atoms with Crippen LogP contribution in [0.4, 0.5) is 0 Å². The van der Waals surface area contributed by atoms with E-state index in [0.717, 1.165) is 0 Å². The molecule has 6 nitrogen and oxygen atoms in total. The molecule has 0 aliphatic carbocycles. The smallest absolute Gasteiger partial charge is 0.393 e. The number of carbonyl (C=O) groups is 1.